The molecule has 2 saturated carbocycles. The molecule has 0 nitrogen and oxygen atoms in total. The van der Waals surface area contributed by atoms with Gasteiger partial charge in [0.2, 0.25) is 0 Å². The minimum Gasteiger partial charge on any atom is -0.0604 e. The van der Waals surface area contributed by atoms with Crippen LogP contribution in [0.15, 0.2) is 0 Å². The SMILES string of the molecule is C1CCC1.CC(C)(C)C.CC(C)(C)C1CC1. The van der Waals surface area contributed by atoms with Crippen LogP contribution >= 0.6 is 0 Å². The molecule has 0 heteroatoms. The van der Waals surface area contributed by atoms with Crippen molar-refractivity contribution in [3.05, 3.63) is 0 Å². The van der Waals surface area contributed by atoms with Gasteiger partial charge in [-0.3, -0.25) is 0 Å². The first-order chi connectivity index (χ1) is 7.11. The predicted octanol–water partition coefficient (Wildman–Crippen LogP) is 6.06. The maximum absolute atomic E-state index is 2.32. The van der Waals surface area contributed by atoms with Gasteiger partial charge in [0.05, 0.1) is 0 Å². The third-order valence-corrected chi connectivity index (χ3v) is 2.80. The third kappa shape index (κ3) is 14.0. The zero-order valence-corrected chi connectivity index (χ0v) is 12.8. The number of hydrogen-bond donors (Lipinski definition) is 0. The maximum Gasteiger partial charge on any atom is -0.0354 e. The van der Waals surface area contributed by atoms with Crippen molar-refractivity contribution in [2.45, 2.75) is 87.0 Å². The molecule has 0 unspecified atom stereocenters. The van der Waals surface area contributed by atoms with Gasteiger partial charge in [-0.2, -0.15) is 0 Å². The zero-order valence-electron chi connectivity index (χ0n) is 12.8. The Morgan fingerprint density at radius 1 is 0.625 bits per heavy atom. The Morgan fingerprint density at radius 2 is 0.875 bits per heavy atom. The lowest BCUT2D eigenvalue weighted by molar-refractivity contribution is 0.351. The first-order valence-corrected chi connectivity index (χ1v) is 7.11. The van der Waals surface area contributed by atoms with Crippen molar-refractivity contribution in [2.24, 2.45) is 16.7 Å². The minimum absolute atomic E-state index is 0.500. The molecule has 0 N–H and O–H groups in total. The molecule has 0 aromatic rings. The van der Waals surface area contributed by atoms with Crippen molar-refractivity contribution in [2.75, 3.05) is 0 Å². The average molecular weight is 226 g/mol. The molecule has 2 aliphatic rings. The summed E-state index contributed by atoms with van der Waals surface area (Å²) in [6.07, 6.45) is 8.95. The van der Waals surface area contributed by atoms with E-state index in [-0.39, 0.29) is 0 Å². The molecule has 98 valence electrons. The summed E-state index contributed by atoms with van der Waals surface area (Å²) in [5.74, 6) is 1.05. The molecular weight excluding hydrogens is 192 g/mol. The van der Waals surface area contributed by atoms with E-state index in [1.54, 1.807) is 0 Å². The first-order valence-electron chi connectivity index (χ1n) is 7.11. The normalized spacial score (nSPS) is 19.7. The highest BCUT2D eigenvalue weighted by Gasteiger charge is 2.33. The summed E-state index contributed by atoms with van der Waals surface area (Å²) in [6.45, 7) is 15.7. The van der Waals surface area contributed by atoms with Crippen LogP contribution < -0.4 is 0 Å². The highest BCUT2D eigenvalue weighted by Crippen LogP contribution is 2.44. The topological polar surface area (TPSA) is 0 Å². The van der Waals surface area contributed by atoms with Gasteiger partial charge < -0.3 is 0 Å². The summed E-state index contributed by atoms with van der Waals surface area (Å²) < 4.78 is 0. The van der Waals surface area contributed by atoms with E-state index in [9.17, 15) is 0 Å². The molecule has 0 heterocycles. The van der Waals surface area contributed by atoms with Crippen LogP contribution in [0, 0.1) is 16.7 Å². The van der Waals surface area contributed by atoms with Crippen molar-refractivity contribution in [3.63, 3.8) is 0 Å². The Morgan fingerprint density at radius 3 is 0.875 bits per heavy atom. The van der Waals surface area contributed by atoms with E-state index in [1.165, 1.54) is 38.5 Å². The summed E-state index contributed by atoms with van der Waals surface area (Å²) in [4.78, 5) is 0. The molecule has 0 aromatic heterocycles. The summed E-state index contributed by atoms with van der Waals surface area (Å²) in [5, 5.41) is 0. The average Bonchev–Trinajstić information content (AvgIpc) is 2.50. The van der Waals surface area contributed by atoms with E-state index in [4.69, 9.17) is 0 Å². The summed E-state index contributed by atoms with van der Waals surface area (Å²) >= 11 is 0. The zero-order chi connectivity index (χ0) is 12.8. The Labute approximate surface area is 104 Å². The lowest BCUT2D eigenvalue weighted by Gasteiger charge is -2.15. The highest BCUT2D eigenvalue weighted by atomic mass is 14.4. The molecule has 0 spiro atoms. The van der Waals surface area contributed by atoms with Crippen LogP contribution in [0.4, 0.5) is 0 Å². The Kier molecular flexibility index (Phi) is 6.67. The van der Waals surface area contributed by atoms with Gasteiger partial charge in [0, 0.05) is 0 Å². The molecule has 0 atom stereocenters. The standard InChI is InChI=1S/C7H14.C5H12.C4H8/c1-7(2,3)6-4-5-6;1-5(2,3)4;1-2-4-3-1/h6H,4-5H2,1-3H3;1-4H3;1-4H2. The molecule has 0 aliphatic heterocycles. The molecular formula is C16H34. The van der Waals surface area contributed by atoms with E-state index < -0.39 is 0 Å². The molecule has 2 fully saturated rings. The third-order valence-electron chi connectivity index (χ3n) is 2.80. The van der Waals surface area contributed by atoms with Gasteiger partial charge >= 0.3 is 0 Å². The van der Waals surface area contributed by atoms with Crippen LogP contribution in [-0.4, -0.2) is 0 Å². The van der Waals surface area contributed by atoms with Gasteiger partial charge in [0.25, 0.3) is 0 Å². The van der Waals surface area contributed by atoms with Gasteiger partial charge in [0.1, 0.15) is 0 Å². The lowest BCUT2D eigenvalue weighted by atomic mass is 9.91. The van der Waals surface area contributed by atoms with E-state index in [1.807, 2.05) is 0 Å². The quantitative estimate of drug-likeness (QED) is 0.471. The Balaban J connectivity index is 0.000000221. The highest BCUT2D eigenvalue weighted by molar-refractivity contribution is 4.84. The maximum atomic E-state index is 2.32. The molecule has 2 rings (SSSR count). The minimum atomic E-state index is 0.500. The van der Waals surface area contributed by atoms with E-state index in [2.05, 4.69) is 48.5 Å². The fourth-order valence-electron chi connectivity index (χ4n) is 1.20. The van der Waals surface area contributed by atoms with Crippen LogP contribution in [0.3, 0.4) is 0 Å². The molecule has 0 aromatic carbocycles. The molecule has 0 saturated heterocycles. The van der Waals surface area contributed by atoms with Gasteiger partial charge in [-0.05, 0) is 29.6 Å². The van der Waals surface area contributed by atoms with Gasteiger partial charge in [-0.1, -0.05) is 74.1 Å². The van der Waals surface area contributed by atoms with Crippen molar-refractivity contribution >= 4 is 0 Å². The first kappa shape index (κ1) is 16.0. The van der Waals surface area contributed by atoms with Crippen LogP contribution in [-0.2, 0) is 0 Å². The van der Waals surface area contributed by atoms with Crippen molar-refractivity contribution in [3.8, 4) is 0 Å². The summed E-state index contributed by atoms with van der Waals surface area (Å²) in [5.41, 5.74) is 1.11. The van der Waals surface area contributed by atoms with Crippen LogP contribution in [0.2, 0.25) is 0 Å². The van der Waals surface area contributed by atoms with E-state index >= 15 is 0 Å². The second-order valence-electron chi connectivity index (χ2n) is 8.05. The van der Waals surface area contributed by atoms with Gasteiger partial charge in [-0.15, -0.1) is 0 Å². The van der Waals surface area contributed by atoms with E-state index in [0.29, 0.717) is 10.8 Å². The fourth-order valence-corrected chi connectivity index (χ4v) is 1.20. The van der Waals surface area contributed by atoms with Crippen LogP contribution in [0.5, 0.6) is 0 Å². The number of rotatable bonds is 0. The molecule has 0 radical (unpaired) electrons. The monoisotopic (exact) mass is 226 g/mol. The summed E-state index contributed by atoms with van der Waals surface area (Å²) in [6, 6.07) is 0. The molecule has 16 heavy (non-hydrogen) atoms. The fraction of sp³-hybridized carbons (Fsp3) is 1.00. The summed E-state index contributed by atoms with van der Waals surface area (Å²) in [7, 11) is 0. The number of hydrogen-bond acceptors (Lipinski definition) is 0. The van der Waals surface area contributed by atoms with Crippen molar-refractivity contribution in [1.29, 1.82) is 0 Å². The van der Waals surface area contributed by atoms with Crippen LogP contribution in [0.1, 0.15) is 87.0 Å². The Hall–Kier alpha value is 0. The van der Waals surface area contributed by atoms with Gasteiger partial charge in [0.15, 0.2) is 0 Å². The predicted molar refractivity (Wildman–Crippen MR) is 75.8 cm³/mol. The Bertz CT molecular complexity index is 147. The molecule has 0 bridgehead atoms. The molecule has 0 amide bonds. The lowest BCUT2D eigenvalue weighted by Crippen LogP contribution is -2.06. The second-order valence-corrected chi connectivity index (χ2v) is 8.05. The van der Waals surface area contributed by atoms with Crippen molar-refractivity contribution in [1.82, 2.24) is 0 Å². The van der Waals surface area contributed by atoms with Gasteiger partial charge in [-0.25, -0.2) is 0 Å². The smallest absolute Gasteiger partial charge is 0.0354 e. The van der Waals surface area contributed by atoms with Crippen LogP contribution in [0.25, 0.3) is 0 Å². The largest absolute Gasteiger partial charge is 0.0604 e. The van der Waals surface area contributed by atoms with E-state index in [0.717, 1.165) is 5.92 Å². The second kappa shape index (κ2) is 6.67. The van der Waals surface area contributed by atoms with Crippen molar-refractivity contribution < 1.29 is 0 Å². The molecule has 2 aliphatic carbocycles.